The maximum atomic E-state index is 12.2. The number of rotatable bonds is 4. The van der Waals surface area contributed by atoms with E-state index in [0.29, 0.717) is 5.69 Å². The fraction of sp³-hybridized carbons (Fsp3) is 0.500. The predicted octanol–water partition coefficient (Wildman–Crippen LogP) is 3.00. The molecule has 0 saturated carbocycles. The number of urea groups is 1. The van der Waals surface area contributed by atoms with Crippen LogP contribution in [0, 0.1) is 6.92 Å². The molecule has 2 aromatic rings. The summed E-state index contributed by atoms with van der Waals surface area (Å²) in [5.74, 6) is 0.977. The standard InChI is InChI=1S/C18H26N6O/c1-13(16-12-20-23(3)14(16)2)21-18(25)22-15-7-8-17(19-11-15)24-9-5-4-6-10-24/h7-8,11-13H,4-6,9-10H2,1-3H3,(H2,21,22,25)/t13-/m1/s1. The van der Waals surface area contributed by atoms with Crippen LogP contribution in [0.3, 0.4) is 0 Å². The lowest BCUT2D eigenvalue weighted by Gasteiger charge is -2.27. The molecule has 0 spiro atoms. The highest BCUT2D eigenvalue weighted by Gasteiger charge is 2.15. The van der Waals surface area contributed by atoms with Gasteiger partial charge in [-0.3, -0.25) is 4.68 Å². The van der Waals surface area contributed by atoms with Gasteiger partial charge in [0.1, 0.15) is 5.82 Å². The summed E-state index contributed by atoms with van der Waals surface area (Å²) in [6.45, 7) is 6.05. The van der Waals surface area contributed by atoms with Crippen LogP contribution in [0.2, 0.25) is 0 Å². The van der Waals surface area contributed by atoms with Crippen molar-refractivity contribution in [3.05, 3.63) is 35.8 Å². The van der Waals surface area contributed by atoms with Crippen LogP contribution in [0.15, 0.2) is 24.5 Å². The molecule has 1 saturated heterocycles. The number of pyridine rings is 1. The number of hydrogen-bond acceptors (Lipinski definition) is 4. The largest absolute Gasteiger partial charge is 0.357 e. The van der Waals surface area contributed by atoms with E-state index in [-0.39, 0.29) is 12.1 Å². The number of carbonyl (C=O) groups excluding carboxylic acids is 1. The second kappa shape index (κ2) is 7.55. The molecule has 3 heterocycles. The van der Waals surface area contributed by atoms with E-state index in [1.807, 2.05) is 33.0 Å². The van der Waals surface area contributed by atoms with Crippen LogP contribution >= 0.6 is 0 Å². The zero-order chi connectivity index (χ0) is 17.8. The van der Waals surface area contributed by atoms with Crippen molar-refractivity contribution in [2.24, 2.45) is 7.05 Å². The number of amides is 2. The van der Waals surface area contributed by atoms with Gasteiger partial charge < -0.3 is 15.5 Å². The van der Waals surface area contributed by atoms with E-state index in [9.17, 15) is 4.79 Å². The lowest BCUT2D eigenvalue weighted by Crippen LogP contribution is -2.32. The van der Waals surface area contributed by atoms with Gasteiger partial charge in [-0.1, -0.05) is 0 Å². The summed E-state index contributed by atoms with van der Waals surface area (Å²) in [7, 11) is 1.89. The van der Waals surface area contributed by atoms with Crippen LogP contribution in [-0.2, 0) is 7.05 Å². The number of carbonyl (C=O) groups is 1. The molecule has 1 aliphatic rings. The van der Waals surface area contributed by atoms with E-state index in [2.05, 4.69) is 25.6 Å². The topological polar surface area (TPSA) is 75.1 Å². The number of hydrogen-bond donors (Lipinski definition) is 2. The van der Waals surface area contributed by atoms with Gasteiger partial charge in [-0.25, -0.2) is 9.78 Å². The Morgan fingerprint density at radius 1 is 1.20 bits per heavy atom. The number of piperidine rings is 1. The molecule has 25 heavy (non-hydrogen) atoms. The average molecular weight is 342 g/mol. The molecule has 2 N–H and O–H groups in total. The highest BCUT2D eigenvalue weighted by Crippen LogP contribution is 2.19. The van der Waals surface area contributed by atoms with E-state index in [0.717, 1.165) is 30.2 Å². The molecule has 2 aromatic heterocycles. The summed E-state index contributed by atoms with van der Waals surface area (Å²) in [6.07, 6.45) is 7.23. The maximum absolute atomic E-state index is 12.2. The van der Waals surface area contributed by atoms with E-state index in [1.165, 1.54) is 19.3 Å². The molecule has 0 bridgehead atoms. The van der Waals surface area contributed by atoms with Crippen molar-refractivity contribution >= 4 is 17.5 Å². The smallest absolute Gasteiger partial charge is 0.319 e. The minimum absolute atomic E-state index is 0.116. The lowest BCUT2D eigenvalue weighted by molar-refractivity contribution is 0.249. The van der Waals surface area contributed by atoms with Gasteiger partial charge in [-0.2, -0.15) is 5.10 Å². The van der Waals surface area contributed by atoms with Gasteiger partial charge in [0.05, 0.1) is 24.1 Å². The summed E-state index contributed by atoms with van der Waals surface area (Å²) in [6, 6.07) is 3.50. The highest BCUT2D eigenvalue weighted by atomic mass is 16.2. The minimum atomic E-state index is -0.247. The van der Waals surface area contributed by atoms with Gasteiger partial charge in [-0.05, 0) is 45.2 Å². The number of nitrogens with one attached hydrogen (secondary N) is 2. The van der Waals surface area contributed by atoms with Crippen LogP contribution < -0.4 is 15.5 Å². The molecule has 7 heteroatoms. The van der Waals surface area contributed by atoms with Crippen molar-refractivity contribution in [1.29, 1.82) is 0 Å². The number of aromatic nitrogens is 3. The summed E-state index contributed by atoms with van der Waals surface area (Å²) in [4.78, 5) is 19.0. The fourth-order valence-electron chi connectivity index (χ4n) is 3.15. The third-order valence-electron chi connectivity index (χ3n) is 4.77. The van der Waals surface area contributed by atoms with Gasteiger partial charge in [0.2, 0.25) is 0 Å². The molecule has 1 aliphatic heterocycles. The van der Waals surface area contributed by atoms with Crippen molar-refractivity contribution in [2.75, 3.05) is 23.3 Å². The molecule has 0 aromatic carbocycles. The van der Waals surface area contributed by atoms with E-state index < -0.39 is 0 Å². The Morgan fingerprint density at radius 2 is 1.96 bits per heavy atom. The zero-order valence-corrected chi connectivity index (χ0v) is 15.1. The SMILES string of the molecule is Cc1c([C@@H](C)NC(=O)Nc2ccc(N3CCCCC3)nc2)cnn1C. The summed E-state index contributed by atoms with van der Waals surface area (Å²) >= 11 is 0. The third-order valence-corrected chi connectivity index (χ3v) is 4.77. The Kier molecular flexibility index (Phi) is 5.21. The Morgan fingerprint density at radius 3 is 2.56 bits per heavy atom. The fourth-order valence-corrected chi connectivity index (χ4v) is 3.15. The Balaban J connectivity index is 1.56. The van der Waals surface area contributed by atoms with E-state index in [1.54, 1.807) is 17.1 Å². The van der Waals surface area contributed by atoms with Crippen molar-refractivity contribution in [2.45, 2.75) is 39.2 Å². The number of aryl methyl sites for hydroxylation is 1. The van der Waals surface area contributed by atoms with Crippen LogP contribution in [0.1, 0.15) is 43.5 Å². The first-order chi connectivity index (χ1) is 12.0. The van der Waals surface area contributed by atoms with Crippen LogP contribution in [0.25, 0.3) is 0 Å². The number of nitrogens with zero attached hydrogens (tertiary/aromatic N) is 4. The third kappa shape index (κ3) is 4.10. The second-order valence-corrected chi connectivity index (χ2v) is 6.58. The first-order valence-electron chi connectivity index (χ1n) is 8.81. The summed E-state index contributed by atoms with van der Waals surface area (Å²) in [5, 5.41) is 9.99. The van der Waals surface area contributed by atoms with Gasteiger partial charge in [0.25, 0.3) is 0 Å². The molecular formula is C18H26N6O. The van der Waals surface area contributed by atoms with Crippen molar-refractivity contribution in [3.63, 3.8) is 0 Å². The maximum Gasteiger partial charge on any atom is 0.319 e. The molecule has 7 nitrogen and oxygen atoms in total. The molecule has 3 rings (SSSR count). The van der Waals surface area contributed by atoms with Crippen molar-refractivity contribution < 1.29 is 4.79 Å². The minimum Gasteiger partial charge on any atom is -0.357 e. The molecule has 1 fully saturated rings. The summed E-state index contributed by atoms with van der Waals surface area (Å²) in [5.41, 5.74) is 2.74. The van der Waals surface area contributed by atoms with Gasteiger partial charge >= 0.3 is 6.03 Å². The molecule has 134 valence electrons. The Hall–Kier alpha value is -2.57. The molecule has 0 aliphatic carbocycles. The average Bonchev–Trinajstić information content (AvgIpc) is 2.95. The molecule has 1 atom stereocenters. The normalized spacial score (nSPS) is 15.7. The molecule has 2 amide bonds. The lowest BCUT2D eigenvalue weighted by atomic mass is 10.1. The van der Waals surface area contributed by atoms with Crippen LogP contribution in [0.4, 0.5) is 16.3 Å². The summed E-state index contributed by atoms with van der Waals surface area (Å²) < 4.78 is 1.80. The van der Waals surface area contributed by atoms with Crippen molar-refractivity contribution in [3.8, 4) is 0 Å². The first-order valence-corrected chi connectivity index (χ1v) is 8.81. The van der Waals surface area contributed by atoms with Crippen LogP contribution in [0.5, 0.6) is 0 Å². The van der Waals surface area contributed by atoms with E-state index >= 15 is 0 Å². The van der Waals surface area contributed by atoms with Crippen LogP contribution in [-0.4, -0.2) is 33.9 Å². The Bertz CT molecular complexity index is 718. The van der Waals surface area contributed by atoms with Gasteiger partial charge in [0.15, 0.2) is 0 Å². The van der Waals surface area contributed by atoms with Gasteiger partial charge in [-0.15, -0.1) is 0 Å². The first kappa shape index (κ1) is 17.3. The molecule has 0 radical (unpaired) electrons. The van der Waals surface area contributed by atoms with E-state index in [4.69, 9.17) is 0 Å². The zero-order valence-electron chi connectivity index (χ0n) is 15.1. The van der Waals surface area contributed by atoms with Crippen molar-refractivity contribution in [1.82, 2.24) is 20.1 Å². The monoisotopic (exact) mass is 342 g/mol. The second-order valence-electron chi connectivity index (χ2n) is 6.58. The van der Waals surface area contributed by atoms with Gasteiger partial charge in [0, 0.05) is 31.4 Å². The Labute approximate surface area is 148 Å². The highest BCUT2D eigenvalue weighted by molar-refractivity contribution is 5.89. The molecular weight excluding hydrogens is 316 g/mol. The quantitative estimate of drug-likeness (QED) is 0.896. The predicted molar refractivity (Wildman–Crippen MR) is 98.8 cm³/mol. The molecule has 0 unspecified atom stereocenters. The number of anilines is 2.